The summed E-state index contributed by atoms with van der Waals surface area (Å²) in [6.07, 6.45) is 10.0. The molecule has 0 unspecified atom stereocenters. The van der Waals surface area contributed by atoms with Crippen LogP contribution in [0.15, 0.2) is 30.6 Å². The summed E-state index contributed by atoms with van der Waals surface area (Å²) in [4.78, 5) is 10.9. The second-order valence-electron chi connectivity index (χ2n) is 5.89. The number of aromatic nitrogens is 2. The first-order valence-corrected chi connectivity index (χ1v) is 8.06. The van der Waals surface area contributed by atoms with E-state index < -0.39 is 5.97 Å². The third kappa shape index (κ3) is 3.33. The monoisotopic (exact) mass is 318 g/mol. The number of halogens is 1. The molecule has 1 aliphatic carbocycles. The van der Waals surface area contributed by atoms with E-state index in [2.05, 4.69) is 5.10 Å². The maximum Gasteiger partial charge on any atom is 0.307 e. The predicted molar refractivity (Wildman–Crippen MR) is 86.1 cm³/mol. The first-order valence-electron chi connectivity index (χ1n) is 7.68. The molecule has 1 aromatic carbocycles. The lowest BCUT2D eigenvalue weighted by molar-refractivity contribution is -0.136. The molecule has 1 saturated carbocycles. The third-order valence-corrected chi connectivity index (χ3v) is 4.58. The molecule has 22 heavy (non-hydrogen) atoms. The minimum atomic E-state index is -0.842. The van der Waals surface area contributed by atoms with E-state index in [0.717, 1.165) is 16.7 Å². The molecule has 1 aromatic heterocycles. The molecule has 0 bridgehead atoms. The van der Waals surface area contributed by atoms with Gasteiger partial charge in [-0.1, -0.05) is 36.9 Å². The van der Waals surface area contributed by atoms with Gasteiger partial charge in [0.2, 0.25) is 0 Å². The molecule has 0 aliphatic heterocycles. The van der Waals surface area contributed by atoms with Crippen molar-refractivity contribution in [2.75, 3.05) is 0 Å². The van der Waals surface area contributed by atoms with Gasteiger partial charge in [-0.05, 0) is 30.5 Å². The van der Waals surface area contributed by atoms with Crippen molar-refractivity contribution in [3.05, 3.63) is 41.2 Å². The number of rotatable bonds is 4. The first kappa shape index (κ1) is 15.1. The standard InChI is InChI=1S/C17H19ClN2O2/c18-16-7-6-12(9-17(21)22)8-15(16)13-10-19-20(11-13)14-4-2-1-3-5-14/h6-8,10-11,14H,1-5,9H2,(H,21,22). The SMILES string of the molecule is O=C(O)Cc1ccc(Cl)c(-c2cnn(C3CCCCC3)c2)c1. The minimum absolute atomic E-state index is 0.000924. The van der Waals surface area contributed by atoms with Crippen molar-refractivity contribution < 1.29 is 9.90 Å². The Kier molecular flexibility index (Phi) is 4.48. The molecule has 1 fully saturated rings. The Hall–Kier alpha value is -1.81. The lowest BCUT2D eigenvalue weighted by Gasteiger charge is -2.21. The van der Waals surface area contributed by atoms with Crippen molar-refractivity contribution in [1.82, 2.24) is 9.78 Å². The van der Waals surface area contributed by atoms with Gasteiger partial charge in [0.15, 0.2) is 0 Å². The fourth-order valence-corrected chi connectivity index (χ4v) is 3.33. The topological polar surface area (TPSA) is 55.1 Å². The van der Waals surface area contributed by atoms with E-state index >= 15 is 0 Å². The zero-order valence-electron chi connectivity index (χ0n) is 12.3. The van der Waals surface area contributed by atoms with Gasteiger partial charge in [-0.2, -0.15) is 5.10 Å². The molecule has 1 N–H and O–H groups in total. The lowest BCUT2D eigenvalue weighted by atomic mass is 9.96. The van der Waals surface area contributed by atoms with E-state index in [-0.39, 0.29) is 6.42 Å². The van der Waals surface area contributed by atoms with Crippen LogP contribution in [0.3, 0.4) is 0 Å². The molecular formula is C17H19ClN2O2. The fraction of sp³-hybridized carbons (Fsp3) is 0.412. The van der Waals surface area contributed by atoms with Crippen molar-refractivity contribution in [2.45, 2.75) is 44.6 Å². The Bertz CT molecular complexity index is 675. The number of nitrogens with zero attached hydrogens (tertiary/aromatic N) is 2. The number of hydrogen-bond acceptors (Lipinski definition) is 2. The van der Waals surface area contributed by atoms with Crippen LogP contribution in [0.1, 0.15) is 43.7 Å². The van der Waals surface area contributed by atoms with Crippen molar-refractivity contribution in [3.63, 3.8) is 0 Å². The Balaban J connectivity index is 1.87. The zero-order valence-corrected chi connectivity index (χ0v) is 13.1. The van der Waals surface area contributed by atoms with Crippen LogP contribution >= 0.6 is 11.6 Å². The van der Waals surface area contributed by atoms with Crippen molar-refractivity contribution in [3.8, 4) is 11.1 Å². The summed E-state index contributed by atoms with van der Waals surface area (Å²) < 4.78 is 2.04. The van der Waals surface area contributed by atoms with Gasteiger partial charge in [-0.15, -0.1) is 0 Å². The molecule has 1 aliphatic rings. The summed E-state index contributed by atoms with van der Waals surface area (Å²) in [5, 5.41) is 14.0. The van der Waals surface area contributed by atoms with Gasteiger partial charge < -0.3 is 5.11 Å². The summed E-state index contributed by atoms with van der Waals surface area (Å²) in [7, 11) is 0. The fourth-order valence-electron chi connectivity index (χ4n) is 3.10. The highest BCUT2D eigenvalue weighted by molar-refractivity contribution is 6.33. The summed E-state index contributed by atoms with van der Waals surface area (Å²) in [5.74, 6) is -0.842. The minimum Gasteiger partial charge on any atom is -0.481 e. The van der Waals surface area contributed by atoms with Gasteiger partial charge in [0, 0.05) is 22.3 Å². The summed E-state index contributed by atoms with van der Waals surface area (Å²) in [5.41, 5.74) is 2.54. The number of aliphatic carboxylic acids is 1. The van der Waals surface area contributed by atoms with Crippen LogP contribution in [0.2, 0.25) is 5.02 Å². The van der Waals surface area contributed by atoms with E-state index in [9.17, 15) is 4.79 Å². The van der Waals surface area contributed by atoms with Crippen molar-refractivity contribution in [1.29, 1.82) is 0 Å². The smallest absolute Gasteiger partial charge is 0.307 e. The predicted octanol–water partition coefficient (Wildman–Crippen LogP) is 4.34. The molecule has 4 nitrogen and oxygen atoms in total. The van der Waals surface area contributed by atoms with Crippen molar-refractivity contribution >= 4 is 17.6 Å². The summed E-state index contributed by atoms with van der Waals surface area (Å²) >= 11 is 6.28. The van der Waals surface area contributed by atoms with Crippen molar-refractivity contribution in [2.24, 2.45) is 0 Å². The highest BCUT2D eigenvalue weighted by Crippen LogP contribution is 2.32. The number of carboxylic acid groups (broad SMARTS) is 1. The Morgan fingerprint density at radius 2 is 2.09 bits per heavy atom. The van der Waals surface area contributed by atoms with E-state index in [4.69, 9.17) is 16.7 Å². The second kappa shape index (κ2) is 6.53. The molecule has 2 aromatic rings. The van der Waals surface area contributed by atoms with Gasteiger partial charge in [0.1, 0.15) is 0 Å². The Labute approximate surface area is 134 Å². The second-order valence-corrected chi connectivity index (χ2v) is 6.29. The maximum absolute atomic E-state index is 10.9. The molecular weight excluding hydrogens is 300 g/mol. The molecule has 3 rings (SSSR count). The van der Waals surface area contributed by atoms with E-state index in [1.54, 1.807) is 12.1 Å². The third-order valence-electron chi connectivity index (χ3n) is 4.25. The average molecular weight is 319 g/mol. The van der Waals surface area contributed by atoms with Gasteiger partial charge in [0.05, 0.1) is 18.7 Å². The molecule has 0 spiro atoms. The summed E-state index contributed by atoms with van der Waals surface area (Å²) in [6, 6.07) is 5.83. The molecule has 0 radical (unpaired) electrons. The maximum atomic E-state index is 10.9. The highest BCUT2D eigenvalue weighted by atomic mass is 35.5. The number of carbonyl (C=O) groups is 1. The molecule has 5 heteroatoms. The molecule has 1 heterocycles. The normalized spacial score (nSPS) is 15.9. The van der Waals surface area contributed by atoms with E-state index in [1.807, 2.05) is 23.1 Å². The Morgan fingerprint density at radius 1 is 1.32 bits per heavy atom. The number of benzene rings is 1. The summed E-state index contributed by atoms with van der Waals surface area (Å²) in [6.45, 7) is 0. The van der Waals surface area contributed by atoms with E-state index in [0.29, 0.717) is 11.1 Å². The van der Waals surface area contributed by atoms with E-state index in [1.165, 1.54) is 32.1 Å². The number of carboxylic acids is 1. The van der Waals surface area contributed by atoms with Crippen LogP contribution in [-0.2, 0) is 11.2 Å². The molecule has 116 valence electrons. The van der Waals surface area contributed by atoms with Crippen LogP contribution in [0.25, 0.3) is 11.1 Å². The van der Waals surface area contributed by atoms with Gasteiger partial charge in [-0.3, -0.25) is 9.48 Å². The van der Waals surface area contributed by atoms with Gasteiger partial charge in [-0.25, -0.2) is 0 Å². The van der Waals surface area contributed by atoms with Crippen LogP contribution in [0, 0.1) is 0 Å². The molecule has 0 saturated heterocycles. The largest absolute Gasteiger partial charge is 0.481 e. The molecule has 0 atom stereocenters. The Morgan fingerprint density at radius 3 is 2.82 bits per heavy atom. The number of hydrogen-bond donors (Lipinski definition) is 1. The average Bonchev–Trinajstić information content (AvgIpc) is 2.99. The van der Waals surface area contributed by atoms with Crippen LogP contribution < -0.4 is 0 Å². The van der Waals surface area contributed by atoms with Gasteiger partial charge >= 0.3 is 5.97 Å². The lowest BCUT2D eigenvalue weighted by Crippen LogP contribution is -2.12. The van der Waals surface area contributed by atoms with Crippen LogP contribution in [-0.4, -0.2) is 20.9 Å². The van der Waals surface area contributed by atoms with Gasteiger partial charge in [0.25, 0.3) is 0 Å². The molecule has 0 amide bonds. The van der Waals surface area contributed by atoms with Crippen LogP contribution in [0.5, 0.6) is 0 Å². The highest BCUT2D eigenvalue weighted by Gasteiger charge is 2.17. The first-order chi connectivity index (χ1) is 10.6. The zero-order chi connectivity index (χ0) is 15.5. The van der Waals surface area contributed by atoms with Crippen LogP contribution in [0.4, 0.5) is 0 Å². The quantitative estimate of drug-likeness (QED) is 0.912.